The molecule has 0 spiro atoms. The van der Waals surface area contributed by atoms with Gasteiger partial charge in [0.2, 0.25) is 0 Å². The molecular weight excluding hydrogens is 252 g/mol. The Bertz CT molecular complexity index is 379. The molecule has 1 saturated carbocycles. The van der Waals surface area contributed by atoms with Gasteiger partial charge in [-0.1, -0.05) is 25.7 Å². The summed E-state index contributed by atoms with van der Waals surface area (Å²) in [5, 5.41) is 0. The zero-order valence-corrected chi connectivity index (χ0v) is 14.9. The van der Waals surface area contributed by atoms with Crippen LogP contribution in [-0.4, -0.2) is 14.0 Å². The topological polar surface area (TPSA) is 26.3 Å². The fraction of sp³-hybridized carbons (Fsp3) is 0.812. The van der Waals surface area contributed by atoms with Gasteiger partial charge in [-0.15, -0.1) is 0 Å². The van der Waals surface area contributed by atoms with Crippen molar-refractivity contribution in [2.24, 2.45) is 17.3 Å². The van der Waals surface area contributed by atoms with Crippen molar-refractivity contribution < 1.29 is 9.53 Å². The molecule has 2 atom stereocenters. The van der Waals surface area contributed by atoms with Crippen LogP contribution in [0.2, 0.25) is 25.7 Å². The van der Waals surface area contributed by atoms with Gasteiger partial charge in [-0.25, -0.2) is 0 Å². The van der Waals surface area contributed by atoms with Crippen LogP contribution in [0.1, 0.15) is 41.0 Å². The molecule has 0 saturated heterocycles. The number of carbonyl (C=O) groups excluding carboxylic acids is 1. The summed E-state index contributed by atoms with van der Waals surface area (Å²) >= 11 is 0. The first-order valence-electron chi connectivity index (χ1n) is 7.31. The van der Waals surface area contributed by atoms with Gasteiger partial charge in [0.05, 0.1) is 5.41 Å². The van der Waals surface area contributed by atoms with Gasteiger partial charge in [0.25, 0.3) is 0 Å². The molecule has 0 radical (unpaired) electrons. The second kappa shape index (κ2) is 5.43. The van der Waals surface area contributed by atoms with Crippen LogP contribution in [-0.2, 0) is 9.53 Å². The first-order chi connectivity index (χ1) is 8.42. The van der Waals surface area contributed by atoms with E-state index in [9.17, 15) is 4.79 Å². The number of rotatable bonds is 4. The Morgan fingerprint density at radius 3 is 2.11 bits per heavy atom. The van der Waals surface area contributed by atoms with E-state index >= 15 is 0 Å². The zero-order chi connectivity index (χ0) is 15.0. The average Bonchev–Trinajstić information content (AvgIpc) is 2.87. The molecule has 1 rings (SSSR count). The molecule has 0 unspecified atom stereocenters. The normalized spacial score (nSPS) is 22.9. The van der Waals surface area contributed by atoms with Crippen LogP contribution in [0.5, 0.6) is 0 Å². The fourth-order valence-corrected chi connectivity index (χ4v) is 4.41. The van der Waals surface area contributed by atoms with Crippen LogP contribution in [0.15, 0.2) is 11.3 Å². The molecule has 0 amide bonds. The monoisotopic (exact) mass is 282 g/mol. The van der Waals surface area contributed by atoms with Gasteiger partial charge in [0, 0.05) is 14.0 Å². The summed E-state index contributed by atoms with van der Waals surface area (Å²) in [6.07, 6.45) is 1.20. The van der Waals surface area contributed by atoms with E-state index in [1.165, 1.54) is 12.5 Å². The van der Waals surface area contributed by atoms with Crippen LogP contribution < -0.4 is 0 Å². The van der Waals surface area contributed by atoms with Crippen molar-refractivity contribution in [3.05, 3.63) is 11.3 Å². The minimum atomic E-state index is -1.02. The molecule has 110 valence electrons. The van der Waals surface area contributed by atoms with Crippen LogP contribution in [0.25, 0.3) is 0 Å². The van der Waals surface area contributed by atoms with E-state index in [1.807, 2.05) is 20.8 Å². The maximum atomic E-state index is 12.1. The quantitative estimate of drug-likeness (QED) is 0.419. The van der Waals surface area contributed by atoms with Gasteiger partial charge in [0.1, 0.15) is 5.76 Å². The number of hydrogen-bond acceptors (Lipinski definition) is 2. The Balaban J connectivity index is 2.69. The number of carbonyl (C=O) groups is 1. The lowest BCUT2D eigenvalue weighted by Gasteiger charge is -2.20. The summed E-state index contributed by atoms with van der Waals surface area (Å²) < 4.78 is 5.70. The van der Waals surface area contributed by atoms with Gasteiger partial charge in [-0.05, 0) is 52.5 Å². The lowest BCUT2D eigenvalue weighted by molar-refractivity contribution is -0.149. The summed E-state index contributed by atoms with van der Waals surface area (Å²) in [4.78, 5) is 12.1. The van der Waals surface area contributed by atoms with Crippen molar-refractivity contribution in [2.75, 3.05) is 0 Å². The molecule has 0 N–H and O–H groups in total. The van der Waals surface area contributed by atoms with E-state index in [1.54, 1.807) is 0 Å². The molecule has 3 heteroatoms. The molecule has 1 aliphatic rings. The Labute approximate surface area is 119 Å². The third-order valence-electron chi connectivity index (χ3n) is 3.44. The van der Waals surface area contributed by atoms with Crippen LogP contribution in [0, 0.1) is 17.3 Å². The summed E-state index contributed by atoms with van der Waals surface area (Å²) in [6, 6.07) is 1.33. The predicted octanol–water partition coefficient (Wildman–Crippen LogP) is 4.84. The summed E-state index contributed by atoms with van der Waals surface area (Å²) in [5.74, 6) is 2.07. The largest absolute Gasteiger partial charge is 0.430 e. The molecule has 2 nitrogen and oxygen atoms in total. The average molecular weight is 282 g/mol. The van der Waals surface area contributed by atoms with Gasteiger partial charge >= 0.3 is 5.97 Å². The van der Waals surface area contributed by atoms with E-state index in [-0.39, 0.29) is 5.97 Å². The molecule has 1 fully saturated rings. The maximum Gasteiger partial charge on any atom is 0.316 e. The van der Waals surface area contributed by atoms with Crippen molar-refractivity contribution in [1.82, 2.24) is 0 Å². The number of hydrogen-bond donors (Lipinski definition) is 0. The summed E-state index contributed by atoms with van der Waals surface area (Å²) in [6.45, 7) is 17.0. The molecule has 0 bridgehead atoms. The number of allylic oxidation sites excluding steroid dienone is 2. The van der Waals surface area contributed by atoms with Crippen molar-refractivity contribution in [2.45, 2.75) is 66.7 Å². The lowest BCUT2D eigenvalue weighted by Crippen LogP contribution is -2.24. The minimum Gasteiger partial charge on any atom is -0.430 e. The van der Waals surface area contributed by atoms with E-state index in [0.717, 1.165) is 17.3 Å². The maximum absolute atomic E-state index is 12.1. The highest BCUT2D eigenvalue weighted by Gasteiger charge is 2.44. The lowest BCUT2D eigenvalue weighted by atomic mass is 9.97. The third kappa shape index (κ3) is 5.13. The molecule has 19 heavy (non-hydrogen) atoms. The van der Waals surface area contributed by atoms with Gasteiger partial charge in [-0.3, -0.25) is 4.79 Å². The first-order valence-corrected chi connectivity index (χ1v) is 11.0. The molecule has 0 aromatic carbocycles. The van der Waals surface area contributed by atoms with Crippen molar-refractivity contribution in [1.29, 1.82) is 0 Å². The molecule has 0 heterocycles. The summed E-state index contributed by atoms with van der Waals surface area (Å²) in [5.41, 5.74) is 0.727. The van der Waals surface area contributed by atoms with E-state index in [0.29, 0.717) is 5.92 Å². The molecular formula is C16H30O2Si. The van der Waals surface area contributed by atoms with Gasteiger partial charge in [-0.2, -0.15) is 0 Å². The smallest absolute Gasteiger partial charge is 0.316 e. The Hall–Kier alpha value is -0.573. The predicted molar refractivity (Wildman–Crippen MR) is 83.7 cm³/mol. The highest BCUT2D eigenvalue weighted by molar-refractivity contribution is 6.76. The van der Waals surface area contributed by atoms with Crippen molar-refractivity contribution in [3.8, 4) is 0 Å². The van der Waals surface area contributed by atoms with Gasteiger partial charge in [0.15, 0.2) is 0 Å². The van der Waals surface area contributed by atoms with Gasteiger partial charge < -0.3 is 4.74 Å². The second-order valence-corrected chi connectivity index (χ2v) is 13.9. The summed E-state index contributed by atoms with van der Waals surface area (Å²) in [7, 11) is -1.02. The molecule has 0 aromatic rings. The molecule has 0 aliphatic heterocycles. The number of esters is 1. The minimum absolute atomic E-state index is 0.109. The van der Waals surface area contributed by atoms with E-state index in [4.69, 9.17) is 4.74 Å². The Morgan fingerprint density at radius 2 is 1.74 bits per heavy atom. The highest BCUT2D eigenvalue weighted by atomic mass is 28.3. The van der Waals surface area contributed by atoms with E-state index < -0.39 is 13.5 Å². The fourth-order valence-electron chi connectivity index (χ4n) is 2.38. The second-order valence-electron chi connectivity index (χ2n) is 8.37. The number of ether oxygens (including phenoxy) is 1. The first kappa shape index (κ1) is 16.5. The van der Waals surface area contributed by atoms with Crippen LogP contribution >= 0.6 is 0 Å². The molecule has 0 aromatic heterocycles. The van der Waals surface area contributed by atoms with E-state index in [2.05, 4.69) is 33.5 Å². The standard InChI is InChI=1S/C16H30O2Si/c1-11(2)14(18-15(17)16(3,4)5)13-9-12(13)10-19(6,7)8/h12-13H,9-10H2,1-8H3/t12-,13-/m1/s1. The SMILES string of the molecule is CC(C)=C(OC(=O)C(C)(C)C)[C@@H]1C[C@@H]1C[Si](C)(C)C. The van der Waals surface area contributed by atoms with Crippen LogP contribution in [0.4, 0.5) is 0 Å². The highest BCUT2D eigenvalue weighted by Crippen LogP contribution is 2.50. The van der Waals surface area contributed by atoms with Crippen molar-refractivity contribution >= 4 is 14.0 Å². The third-order valence-corrected chi connectivity index (χ3v) is 5.19. The Kier molecular flexibility index (Phi) is 4.71. The zero-order valence-electron chi connectivity index (χ0n) is 13.9. The Morgan fingerprint density at radius 1 is 1.21 bits per heavy atom. The molecule has 1 aliphatic carbocycles. The van der Waals surface area contributed by atoms with Crippen LogP contribution in [0.3, 0.4) is 0 Å². The van der Waals surface area contributed by atoms with Crippen molar-refractivity contribution in [3.63, 3.8) is 0 Å².